The SMILES string of the molecule is Cc1cc(NC(=O)c2ccc(C(=O)O)cc2)ccc1Br. The molecular weight excluding hydrogens is 322 g/mol. The number of anilines is 1. The Hall–Kier alpha value is -2.14. The topological polar surface area (TPSA) is 66.4 Å². The third-order valence-corrected chi connectivity index (χ3v) is 3.70. The number of rotatable bonds is 3. The molecule has 0 saturated heterocycles. The Morgan fingerprint density at radius 3 is 2.20 bits per heavy atom. The molecule has 4 nitrogen and oxygen atoms in total. The van der Waals surface area contributed by atoms with Gasteiger partial charge in [-0.15, -0.1) is 0 Å². The molecule has 0 unspecified atom stereocenters. The maximum atomic E-state index is 12.0. The van der Waals surface area contributed by atoms with Gasteiger partial charge in [-0.25, -0.2) is 4.79 Å². The van der Waals surface area contributed by atoms with Gasteiger partial charge < -0.3 is 10.4 Å². The van der Waals surface area contributed by atoms with Crippen molar-refractivity contribution < 1.29 is 14.7 Å². The molecule has 2 aromatic carbocycles. The van der Waals surface area contributed by atoms with Crippen LogP contribution in [0.1, 0.15) is 26.3 Å². The Morgan fingerprint density at radius 2 is 1.65 bits per heavy atom. The van der Waals surface area contributed by atoms with Crippen molar-refractivity contribution in [2.75, 3.05) is 5.32 Å². The zero-order chi connectivity index (χ0) is 14.7. The number of carboxylic acid groups (broad SMARTS) is 1. The predicted molar refractivity (Wildman–Crippen MR) is 80.2 cm³/mol. The van der Waals surface area contributed by atoms with Gasteiger partial charge in [0.2, 0.25) is 0 Å². The first-order chi connectivity index (χ1) is 9.47. The molecule has 2 N–H and O–H groups in total. The molecule has 0 fully saturated rings. The smallest absolute Gasteiger partial charge is 0.335 e. The van der Waals surface area contributed by atoms with Crippen LogP contribution in [0.2, 0.25) is 0 Å². The average Bonchev–Trinajstić information content (AvgIpc) is 2.43. The van der Waals surface area contributed by atoms with Crippen molar-refractivity contribution in [3.8, 4) is 0 Å². The minimum Gasteiger partial charge on any atom is -0.478 e. The summed E-state index contributed by atoms with van der Waals surface area (Å²) in [6, 6.07) is 11.3. The van der Waals surface area contributed by atoms with Gasteiger partial charge in [0.1, 0.15) is 0 Å². The second-order valence-corrected chi connectivity index (χ2v) is 5.15. The molecule has 5 heteroatoms. The molecule has 0 aliphatic carbocycles. The van der Waals surface area contributed by atoms with E-state index in [-0.39, 0.29) is 11.5 Å². The van der Waals surface area contributed by atoms with Crippen LogP contribution < -0.4 is 5.32 Å². The molecule has 0 bridgehead atoms. The summed E-state index contributed by atoms with van der Waals surface area (Å²) in [6.07, 6.45) is 0. The van der Waals surface area contributed by atoms with E-state index in [1.54, 1.807) is 6.07 Å². The van der Waals surface area contributed by atoms with Crippen LogP contribution >= 0.6 is 15.9 Å². The van der Waals surface area contributed by atoms with Gasteiger partial charge in [-0.1, -0.05) is 15.9 Å². The number of aromatic carboxylic acids is 1. The van der Waals surface area contributed by atoms with Crippen LogP contribution in [0.25, 0.3) is 0 Å². The number of halogens is 1. The molecule has 20 heavy (non-hydrogen) atoms. The molecule has 0 saturated carbocycles. The highest BCUT2D eigenvalue weighted by atomic mass is 79.9. The van der Waals surface area contributed by atoms with E-state index in [9.17, 15) is 9.59 Å². The second kappa shape index (κ2) is 5.88. The molecule has 102 valence electrons. The maximum Gasteiger partial charge on any atom is 0.335 e. The monoisotopic (exact) mass is 333 g/mol. The van der Waals surface area contributed by atoms with Crippen molar-refractivity contribution in [1.82, 2.24) is 0 Å². The van der Waals surface area contributed by atoms with Crippen LogP contribution in [0, 0.1) is 6.92 Å². The molecule has 0 heterocycles. The van der Waals surface area contributed by atoms with Crippen molar-refractivity contribution in [2.24, 2.45) is 0 Å². The van der Waals surface area contributed by atoms with E-state index >= 15 is 0 Å². The minimum atomic E-state index is -1.01. The van der Waals surface area contributed by atoms with Crippen LogP contribution in [-0.4, -0.2) is 17.0 Å². The third-order valence-electron chi connectivity index (χ3n) is 2.81. The van der Waals surface area contributed by atoms with Crippen molar-refractivity contribution in [3.63, 3.8) is 0 Å². The molecule has 0 aromatic heterocycles. The largest absolute Gasteiger partial charge is 0.478 e. The van der Waals surface area contributed by atoms with E-state index in [1.165, 1.54) is 24.3 Å². The Kier molecular flexibility index (Phi) is 4.20. The highest BCUT2D eigenvalue weighted by molar-refractivity contribution is 9.10. The van der Waals surface area contributed by atoms with Gasteiger partial charge in [0, 0.05) is 15.7 Å². The summed E-state index contributed by atoms with van der Waals surface area (Å²) in [4.78, 5) is 22.8. The van der Waals surface area contributed by atoms with Gasteiger partial charge in [0.05, 0.1) is 5.56 Å². The molecule has 0 spiro atoms. The molecule has 2 aromatic rings. The van der Waals surface area contributed by atoms with Crippen LogP contribution in [0.5, 0.6) is 0 Å². The maximum absolute atomic E-state index is 12.0. The number of amides is 1. The van der Waals surface area contributed by atoms with Crippen LogP contribution in [0.15, 0.2) is 46.9 Å². The number of carbonyl (C=O) groups excluding carboxylic acids is 1. The van der Waals surface area contributed by atoms with Crippen LogP contribution in [0.4, 0.5) is 5.69 Å². The van der Waals surface area contributed by atoms with Gasteiger partial charge in [-0.05, 0) is 55.0 Å². The molecule has 0 aliphatic rings. The lowest BCUT2D eigenvalue weighted by atomic mass is 10.1. The molecule has 2 rings (SSSR count). The lowest BCUT2D eigenvalue weighted by molar-refractivity contribution is 0.0696. The lowest BCUT2D eigenvalue weighted by Crippen LogP contribution is -2.12. The zero-order valence-electron chi connectivity index (χ0n) is 10.7. The second-order valence-electron chi connectivity index (χ2n) is 4.30. The zero-order valence-corrected chi connectivity index (χ0v) is 12.3. The Bertz CT molecular complexity index is 665. The fourth-order valence-electron chi connectivity index (χ4n) is 1.69. The Morgan fingerprint density at radius 1 is 1.05 bits per heavy atom. The predicted octanol–water partition coefficient (Wildman–Crippen LogP) is 3.71. The average molecular weight is 334 g/mol. The molecule has 0 atom stereocenters. The first kappa shape index (κ1) is 14.3. The Labute approximate surface area is 124 Å². The van der Waals surface area contributed by atoms with Gasteiger partial charge in [0.15, 0.2) is 0 Å². The third kappa shape index (κ3) is 3.24. The summed E-state index contributed by atoms with van der Waals surface area (Å²) in [5.41, 5.74) is 2.28. The van der Waals surface area contributed by atoms with E-state index < -0.39 is 5.97 Å². The van der Waals surface area contributed by atoms with Crippen molar-refractivity contribution >= 4 is 33.5 Å². The van der Waals surface area contributed by atoms with Gasteiger partial charge in [-0.2, -0.15) is 0 Å². The minimum absolute atomic E-state index is 0.154. The normalized spacial score (nSPS) is 10.1. The lowest BCUT2D eigenvalue weighted by Gasteiger charge is -2.07. The highest BCUT2D eigenvalue weighted by Crippen LogP contribution is 2.20. The molecule has 0 aliphatic heterocycles. The first-order valence-corrected chi connectivity index (χ1v) is 6.67. The number of benzene rings is 2. The van der Waals surface area contributed by atoms with Crippen LogP contribution in [0.3, 0.4) is 0 Å². The summed E-state index contributed by atoms with van der Waals surface area (Å²) < 4.78 is 0.973. The summed E-state index contributed by atoms with van der Waals surface area (Å²) in [7, 11) is 0. The van der Waals surface area contributed by atoms with Crippen molar-refractivity contribution in [1.29, 1.82) is 0 Å². The van der Waals surface area contributed by atoms with Crippen molar-refractivity contribution in [2.45, 2.75) is 6.92 Å². The fourth-order valence-corrected chi connectivity index (χ4v) is 1.94. The van der Waals surface area contributed by atoms with Crippen molar-refractivity contribution in [3.05, 3.63) is 63.6 Å². The van der Waals surface area contributed by atoms with E-state index in [2.05, 4.69) is 21.2 Å². The standard InChI is InChI=1S/C15H12BrNO3/c1-9-8-12(6-7-13(9)16)17-14(18)10-2-4-11(5-3-10)15(19)20/h2-8H,1H3,(H,17,18)(H,19,20). The highest BCUT2D eigenvalue weighted by Gasteiger charge is 2.08. The molecule has 0 radical (unpaired) electrons. The summed E-state index contributed by atoms with van der Waals surface area (Å²) in [6.45, 7) is 1.93. The number of aryl methyl sites for hydroxylation is 1. The Balaban J connectivity index is 2.15. The summed E-state index contributed by atoms with van der Waals surface area (Å²) in [5.74, 6) is -1.29. The molecular formula is C15H12BrNO3. The van der Waals surface area contributed by atoms with E-state index in [0.717, 1.165) is 10.0 Å². The fraction of sp³-hybridized carbons (Fsp3) is 0.0667. The first-order valence-electron chi connectivity index (χ1n) is 5.88. The van der Waals surface area contributed by atoms with Gasteiger partial charge in [0.25, 0.3) is 5.91 Å². The van der Waals surface area contributed by atoms with Gasteiger partial charge in [-0.3, -0.25) is 4.79 Å². The number of hydrogen-bond donors (Lipinski definition) is 2. The number of nitrogens with one attached hydrogen (secondary N) is 1. The van der Waals surface area contributed by atoms with Crippen LogP contribution in [-0.2, 0) is 0 Å². The van der Waals surface area contributed by atoms with E-state index in [1.807, 2.05) is 19.1 Å². The number of hydrogen-bond acceptors (Lipinski definition) is 2. The number of carbonyl (C=O) groups is 2. The quantitative estimate of drug-likeness (QED) is 0.899. The summed E-state index contributed by atoms with van der Waals surface area (Å²) >= 11 is 3.39. The number of carboxylic acids is 1. The van der Waals surface area contributed by atoms with E-state index in [4.69, 9.17) is 5.11 Å². The molecule has 1 amide bonds. The van der Waals surface area contributed by atoms with E-state index in [0.29, 0.717) is 11.3 Å². The summed E-state index contributed by atoms with van der Waals surface area (Å²) in [5, 5.41) is 11.6. The van der Waals surface area contributed by atoms with Gasteiger partial charge >= 0.3 is 5.97 Å².